The van der Waals surface area contributed by atoms with Gasteiger partial charge in [0.25, 0.3) is 5.91 Å². The van der Waals surface area contributed by atoms with Crippen molar-refractivity contribution in [3.05, 3.63) is 47.5 Å². The lowest BCUT2D eigenvalue weighted by atomic mass is 10.0. The van der Waals surface area contributed by atoms with Gasteiger partial charge in [-0.05, 0) is 37.5 Å². The molecule has 2 atom stereocenters. The van der Waals surface area contributed by atoms with Crippen LogP contribution in [0.4, 0.5) is 0 Å². The number of rotatable bonds is 3. The number of hydrogen-bond acceptors (Lipinski definition) is 4. The van der Waals surface area contributed by atoms with Gasteiger partial charge in [-0.2, -0.15) is 5.10 Å². The van der Waals surface area contributed by atoms with Gasteiger partial charge < -0.3 is 10.0 Å². The molecule has 0 aliphatic carbocycles. The van der Waals surface area contributed by atoms with Crippen molar-refractivity contribution in [3.8, 4) is 0 Å². The van der Waals surface area contributed by atoms with Gasteiger partial charge in [0.15, 0.2) is 0 Å². The van der Waals surface area contributed by atoms with E-state index in [2.05, 4.69) is 10.1 Å². The zero-order valence-corrected chi connectivity index (χ0v) is 12.8. The molecule has 0 radical (unpaired) electrons. The molecule has 116 valence electrons. The Labute approximate surface area is 129 Å². The van der Waals surface area contributed by atoms with Crippen LogP contribution in [0.3, 0.4) is 0 Å². The van der Waals surface area contributed by atoms with E-state index >= 15 is 0 Å². The number of pyridine rings is 1. The van der Waals surface area contributed by atoms with Crippen molar-refractivity contribution in [1.82, 2.24) is 19.7 Å². The maximum Gasteiger partial charge on any atom is 0.255 e. The van der Waals surface area contributed by atoms with Gasteiger partial charge in [-0.3, -0.25) is 14.5 Å². The zero-order chi connectivity index (χ0) is 15.7. The van der Waals surface area contributed by atoms with Crippen LogP contribution in [0.5, 0.6) is 0 Å². The maximum absolute atomic E-state index is 12.7. The van der Waals surface area contributed by atoms with Gasteiger partial charge in [0.05, 0.1) is 23.9 Å². The summed E-state index contributed by atoms with van der Waals surface area (Å²) in [7, 11) is 1.86. The van der Waals surface area contributed by atoms with Crippen molar-refractivity contribution in [2.24, 2.45) is 7.05 Å². The molecule has 1 fully saturated rings. The second kappa shape index (κ2) is 5.88. The monoisotopic (exact) mass is 300 g/mol. The van der Waals surface area contributed by atoms with Gasteiger partial charge >= 0.3 is 0 Å². The quantitative estimate of drug-likeness (QED) is 0.916. The van der Waals surface area contributed by atoms with E-state index in [1.165, 1.54) is 0 Å². The van der Waals surface area contributed by atoms with Crippen LogP contribution in [-0.4, -0.2) is 49.4 Å². The molecule has 0 saturated carbocycles. The molecule has 0 unspecified atom stereocenters. The number of hydrogen-bond donors (Lipinski definition) is 1. The van der Waals surface area contributed by atoms with Crippen LogP contribution in [0, 0.1) is 6.92 Å². The molecule has 3 heterocycles. The first kappa shape index (κ1) is 14.7. The number of aromatic nitrogens is 3. The predicted molar refractivity (Wildman–Crippen MR) is 81.3 cm³/mol. The SMILES string of the molecule is Cc1ccc(C(=O)N2CC[C@@H](O)[C@H]2Cc2cnn(C)c2)cn1. The van der Waals surface area contributed by atoms with Crippen LogP contribution in [0.1, 0.15) is 28.0 Å². The lowest BCUT2D eigenvalue weighted by Gasteiger charge is -2.26. The van der Waals surface area contributed by atoms with Crippen LogP contribution in [-0.2, 0) is 13.5 Å². The summed E-state index contributed by atoms with van der Waals surface area (Å²) in [6.45, 7) is 2.46. The third kappa shape index (κ3) is 2.87. The maximum atomic E-state index is 12.7. The summed E-state index contributed by atoms with van der Waals surface area (Å²) in [5.74, 6) is -0.0714. The fraction of sp³-hybridized carbons (Fsp3) is 0.438. The molecule has 2 aromatic heterocycles. The number of amides is 1. The highest BCUT2D eigenvalue weighted by Gasteiger charge is 2.36. The van der Waals surface area contributed by atoms with Gasteiger partial charge in [0, 0.05) is 31.7 Å². The molecular formula is C16H20N4O2. The molecule has 1 saturated heterocycles. The fourth-order valence-electron chi connectivity index (χ4n) is 2.91. The lowest BCUT2D eigenvalue weighted by Crippen LogP contribution is -2.41. The highest BCUT2D eigenvalue weighted by atomic mass is 16.3. The average molecular weight is 300 g/mol. The molecule has 6 heteroatoms. The van der Waals surface area contributed by atoms with Crippen molar-refractivity contribution in [3.63, 3.8) is 0 Å². The Kier molecular flexibility index (Phi) is 3.94. The van der Waals surface area contributed by atoms with Crippen LogP contribution in [0.2, 0.25) is 0 Å². The Morgan fingerprint density at radius 2 is 2.23 bits per heavy atom. The minimum atomic E-state index is -0.498. The highest BCUT2D eigenvalue weighted by Crippen LogP contribution is 2.23. The third-order valence-electron chi connectivity index (χ3n) is 4.13. The van der Waals surface area contributed by atoms with E-state index in [1.54, 1.807) is 28.0 Å². The summed E-state index contributed by atoms with van der Waals surface area (Å²) >= 11 is 0. The summed E-state index contributed by atoms with van der Waals surface area (Å²) in [6.07, 6.45) is 6.02. The molecule has 1 N–H and O–H groups in total. The third-order valence-corrected chi connectivity index (χ3v) is 4.13. The van der Waals surface area contributed by atoms with E-state index in [1.807, 2.05) is 26.2 Å². The van der Waals surface area contributed by atoms with Crippen LogP contribution in [0.25, 0.3) is 0 Å². The predicted octanol–water partition coefficient (Wildman–Crippen LogP) is 0.942. The number of carbonyl (C=O) groups is 1. The van der Waals surface area contributed by atoms with Crippen LogP contribution >= 0.6 is 0 Å². The molecule has 1 aliphatic heterocycles. The molecule has 0 aromatic carbocycles. The number of carbonyl (C=O) groups excluding carboxylic acids is 1. The smallest absolute Gasteiger partial charge is 0.255 e. The average Bonchev–Trinajstić information content (AvgIpc) is 3.07. The van der Waals surface area contributed by atoms with Crippen molar-refractivity contribution < 1.29 is 9.90 Å². The standard InChI is InChI=1S/C16H20N4O2/c1-11-3-4-13(9-17-11)16(22)20-6-5-15(21)14(20)7-12-8-18-19(2)10-12/h3-4,8-10,14-15,21H,5-7H2,1-2H3/t14-,15-/m1/s1. The van der Waals surface area contributed by atoms with E-state index in [0.29, 0.717) is 24.9 Å². The van der Waals surface area contributed by atoms with Gasteiger partial charge in [-0.15, -0.1) is 0 Å². The Morgan fingerprint density at radius 1 is 1.41 bits per heavy atom. The number of aliphatic hydroxyl groups excluding tert-OH is 1. The van der Waals surface area contributed by atoms with E-state index < -0.39 is 6.10 Å². The first-order valence-corrected chi connectivity index (χ1v) is 7.44. The molecule has 6 nitrogen and oxygen atoms in total. The minimum Gasteiger partial charge on any atom is -0.391 e. The molecular weight excluding hydrogens is 280 g/mol. The van der Waals surface area contributed by atoms with Crippen molar-refractivity contribution in [2.45, 2.75) is 31.9 Å². The Bertz CT molecular complexity index is 665. The Hall–Kier alpha value is -2.21. The van der Waals surface area contributed by atoms with Crippen LogP contribution in [0.15, 0.2) is 30.7 Å². The number of aliphatic hydroxyl groups is 1. The normalized spacial score (nSPS) is 21.3. The van der Waals surface area contributed by atoms with Crippen LogP contribution < -0.4 is 0 Å². The lowest BCUT2D eigenvalue weighted by molar-refractivity contribution is 0.0639. The summed E-state index contributed by atoms with van der Waals surface area (Å²) in [4.78, 5) is 18.6. The second-order valence-electron chi connectivity index (χ2n) is 5.84. The highest BCUT2D eigenvalue weighted by molar-refractivity contribution is 5.94. The molecule has 3 rings (SSSR count). The van der Waals surface area contributed by atoms with Crippen molar-refractivity contribution in [1.29, 1.82) is 0 Å². The first-order valence-electron chi connectivity index (χ1n) is 7.44. The topological polar surface area (TPSA) is 71.2 Å². The Morgan fingerprint density at radius 3 is 2.86 bits per heavy atom. The molecule has 22 heavy (non-hydrogen) atoms. The summed E-state index contributed by atoms with van der Waals surface area (Å²) in [5.41, 5.74) is 2.47. The van der Waals surface area contributed by atoms with Gasteiger partial charge in [0.1, 0.15) is 0 Å². The van der Waals surface area contributed by atoms with E-state index in [4.69, 9.17) is 0 Å². The molecule has 1 amide bonds. The largest absolute Gasteiger partial charge is 0.391 e. The summed E-state index contributed by atoms with van der Waals surface area (Å²) in [6, 6.07) is 3.41. The number of likely N-dealkylation sites (tertiary alicyclic amines) is 1. The summed E-state index contributed by atoms with van der Waals surface area (Å²) in [5, 5.41) is 14.4. The van der Waals surface area contributed by atoms with Crippen molar-refractivity contribution >= 4 is 5.91 Å². The van der Waals surface area contributed by atoms with E-state index in [9.17, 15) is 9.90 Å². The number of aryl methyl sites for hydroxylation is 2. The second-order valence-corrected chi connectivity index (χ2v) is 5.84. The van der Waals surface area contributed by atoms with Gasteiger partial charge in [-0.1, -0.05) is 0 Å². The molecule has 0 spiro atoms. The zero-order valence-electron chi connectivity index (χ0n) is 12.8. The molecule has 1 aliphatic rings. The fourth-order valence-corrected chi connectivity index (χ4v) is 2.91. The van der Waals surface area contributed by atoms with E-state index in [-0.39, 0.29) is 11.9 Å². The molecule has 2 aromatic rings. The minimum absolute atomic E-state index is 0.0714. The van der Waals surface area contributed by atoms with Gasteiger partial charge in [-0.25, -0.2) is 0 Å². The molecule has 0 bridgehead atoms. The Balaban J connectivity index is 1.79. The summed E-state index contributed by atoms with van der Waals surface area (Å²) < 4.78 is 1.73. The van der Waals surface area contributed by atoms with Gasteiger partial charge in [0.2, 0.25) is 0 Å². The van der Waals surface area contributed by atoms with Crippen molar-refractivity contribution in [2.75, 3.05) is 6.54 Å². The van der Waals surface area contributed by atoms with E-state index in [0.717, 1.165) is 11.3 Å². The first-order chi connectivity index (χ1) is 10.5. The number of nitrogens with zero attached hydrogens (tertiary/aromatic N) is 4.